The van der Waals surface area contributed by atoms with Gasteiger partial charge >= 0.3 is 12.0 Å². The Morgan fingerprint density at radius 3 is 1.97 bits per heavy atom. The molecule has 1 heterocycles. The second kappa shape index (κ2) is 8.49. The molecule has 0 radical (unpaired) electrons. The van der Waals surface area contributed by atoms with Crippen molar-refractivity contribution in [2.24, 2.45) is 5.73 Å². The molecule has 148 valence electrons. The fourth-order valence-electron chi connectivity index (χ4n) is 3.12. The molecule has 2 aromatic carbocycles. The molecule has 3 rings (SSSR count). The van der Waals surface area contributed by atoms with Crippen LogP contribution in [0.15, 0.2) is 82.9 Å². The molecule has 0 aliphatic carbocycles. The summed E-state index contributed by atoms with van der Waals surface area (Å²) in [6.45, 7) is 2.19. The third kappa shape index (κ3) is 4.38. The Labute approximate surface area is 168 Å². The molecular formula is C21H21N3O4Si. The van der Waals surface area contributed by atoms with Gasteiger partial charge in [0.15, 0.2) is 8.07 Å². The molecule has 29 heavy (non-hydrogen) atoms. The molecule has 5 N–H and O–H groups in total. The molecule has 0 aliphatic heterocycles. The van der Waals surface area contributed by atoms with Gasteiger partial charge in [-0.2, -0.15) is 0 Å². The van der Waals surface area contributed by atoms with Crippen molar-refractivity contribution in [1.29, 1.82) is 0 Å². The predicted molar refractivity (Wildman–Crippen MR) is 114 cm³/mol. The Bertz CT molecular complexity index is 993. The Kier molecular flexibility index (Phi) is 5.84. The fraction of sp³-hybridized carbons (Fsp3) is 0.0476. The lowest BCUT2D eigenvalue weighted by atomic mass is 10.3. The molecule has 7 nitrogen and oxygen atoms in total. The summed E-state index contributed by atoms with van der Waals surface area (Å²) in [5, 5.41) is 12.4. The van der Waals surface area contributed by atoms with Gasteiger partial charge in [-0.3, -0.25) is 10.9 Å². The lowest BCUT2D eigenvalue weighted by Gasteiger charge is -2.26. The van der Waals surface area contributed by atoms with E-state index in [0.29, 0.717) is 5.76 Å². The number of primary amides is 1. The van der Waals surface area contributed by atoms with Crippen LogP contribution in [0.4, 0.5) is 4.79 Å². The first-order chi connectivity index (χ1) is 13.9. The van der Waals surface area contributed by atoms with E-state index in [1.54, 1.807) is 6.07 Å². The third-order valence-electron chi connectivity index (χ3n) is 4.66. The molecule has 8 heteroatoms. The van der Waals surface area contributed by atoms with Gasteiger partial charge in [-0.1, -0.05) is 67.2 Å². The van der Waals surface area contributed by atoms with E-state index in [-0.39, 0.29) is 5.70 Å². The molecule has 2 amide bonds. The van der Waals surface area contributed by atoms with Gasteiger partial charge in [-0.25, -0.2) is 9.59 Å². The highest BCUT2D eigenvalue weighted by molar-refractivity contribution is 7.10. The number of urea groups is 1. The summed E-state index contributed by atoms with van der Waals surface area (Å²) >= 11 is 0. The second-order valence-corrected chi connectivity index (χ2v) is 10.4. The average molecular weight is 408 g/mol. The molecule has 0 fully saturated rings. The van der Waals surface area contributed by atoms with Crippen molar-refractivity contribution in [3.63, 3.8) is 0 Å². The van der Waals surface area contributed by atoms with Gasteiger partial charge in [-0.15, -0.1) is 0 Å². The molecule has 3 aromatic rings. The lowest BCUT2D eigenvalue weighted by Crippen LogP contribution is -2.64. The van der Waals surface area contributed by atoms with Crippen LogP contribution in [-0.2, 0) is 4.79 Å². The topological polar surface area (TPSA) is 118 Å². The van der Waals surface area contributed by atoms with Gasteiger partial charge in [-0.05, 0) is 22.5 Å². The van der Waals surface area contributed by atoms with Crippen molar-refractivity contribution < 1.29 is 19.1 Å². The van der Waals surface area contributed by atoms with E-state index < -0.39 is 20.1 Å². The number of benzene rings is 2. The highest BCUT2D eigenvalue weighted by atomic mass is 28.3. The molecule has 0 saturated carbocycles. The zero-order chi connectivity index (χ0) is 20.9. The number of nitrogens with one attached hydrogen (secondary N) is 2. The maximum absolute atomic E-state index is 11.4. The number of hydrogen-bond donors (Lipinski definition) is 4. The normalized spacial score (nSPS) is 11.7. The lowest BCUT2D eigenvalue weighted by molar-refractivity contribution is -0.133. The second-order valence-electron chi connectivity index (χ2n) is 6.54. The van der Waals surface area contributed by atoms with Gasteiger partial charge in [0.1, 0.15) is 11.5 Å². The van der Waals surface area contributed by atoms with E-state index in [2.05, 4.69) is 36.2 Å². The van der Waals surface area contributed by atoms with Crippen LogP contribution in [0.5, 0.6) is 0 Å². The molecule has 0 spiro atoms. The SMILES string of the molecule is C[Si](c1ccccc1)(c1ccccc1)c1ccc(C=C(NNC(N)=O)C(=O)O)o1. The summed E-state index contributed by atoms with van der Waals surface area (Å²) in [6.07, 6.45) is 1.30. The number of amides is 2. The van der Waals surface area contributed by atoms with Crippen LogP contribution in [0, 0.1) is 0 Å². The highest BCUT2D eigenvalue weighted by Gasteiger charge is 2.37. The number of carbonyl (C=O) groups is 2. The quantitative estimate of drug-likeness (QED) is 0.265. The molecule has 1 aromatic heterocycles. The fourth-order valence-corrected chi connectivity index (χ4v) is 6.48. The summed E-state index contributed by atoms with van der Waals surface area (Å²) in [5.74, 6) is -0.912. The van der Waals surface area contributed by atoms with Crippen molar-refractivity contribution in [1.82, 2.24) is 10.9 Å². The average Bonchev–Trinajstić information content (AvgIpc) is 3.20. The predicted octanol–water partition coefficient (Wildman–Crippen LogP) is 0.978. The van der Waals surface area contributed by atoms with Gasteiger partial charge in [0.25, 0.3) is 0 Å². The van der Waals surface area contributed by atoms with Gasteiger partial charge in [0, 0.05) is 6.08 Å². The van der Waals surface area contributed by atoms with E-state index in [0.717, 1.165) is 5.38 Å². The van der Waals surface area contributed by atoms with Crippen LogP contribution in [0.25, 0.3) is 6.08 Å². The number of carboxylic acid groups (broad SMARTS) is 1. The molecular weight excluding hydrogens is 386 g/mol. The first-order valence-corrected chi connectivity index (χ1v) is 11.4. The molecule has 0 saturated heterocycles. The first kappa shape index (κ1) is 20.0. The number of furan rings is 1. The van der Waals surface area contributed by atoms with Crippen molar-refractivity contribution in [2.45, 2.75) is 6.55 Å². The Morgan fingerprint density at radius 1 is 0.931 bits per heavy atom. The van der Waals surface area contributed by atoms with Gasteiger partial charge < -0.3 is 15.3 Å². The summed E-state index contributed by atoms with van der Waals surface area (Å²) in [7, 11) is -2.43. The minimum absolute atomic E-state index is 0.271. The summed E-state index contributed by atoms with van der Waals surface area (Å²) in [4.78, 5) is 22.2. The number of carboxylic acids is 1. The zero-order valence-electron chi connectivity index (χ0n) is 15.8. The van der Waals surface area contributed by atoms with E-state index in [1.165, 1.54) is 16.4 Å². The largest absolute Gasteiger partial charge is 0.477 e. The van der Waals surface area contributed by atoms with Crippen LogP contribution >= 0.6 is 0 Å². The van der Waals surface area contributed by atoms with Crippen LogP contribution in [0.1, 0.15) is 5.76 Å². The maximum atomic E-state index is 11.4. The zero-order valence-corrected chi connectivity index (χ0v) is 16.8. The summed E-state index contributed by atoms with van der Waals surface area (Å²) < 4.78 is 6.08. The van der Waals surface area contributed by atoms with E-state index in [4.69, 9.17) is 10.2 Å². The van der Waals surface area contributed by atoms with Crippen molar-refractivity contribution in [3.05, 3.63) is 84.3 Å². The van der Waals surface area contributed by atoms with E-state index >= 15 is 0 Å². The van der Waals surface area contributed by atoms with Crippen molar-refractivity contribution in [2.75, 3.05) is 0 Å². The Balaban J connectivity index is 2.04. The molecule has 0 atom stereocenters. The van der Waals surface area contributed by atoms with E-state index in [9.17, 15) is 14.7 Å². The number of nitrogens with two attached hydrogens (primary N) is 1. The number of carbonyl (C=O) groups excluding carboxylic acids is 1. The first-order valence-electron chi connectivity index (χ1n) is 8.89. The van der Waals surface area contributed by atoms with Crippen LogP contribution in [0.2, 0.25) is 6.55 Å². The number of aliphatic carboxylic acids is 1. The molecule has 0 aliphatic rings. The van der Waals surface area contributed by atoms with Crippen LogP contribution in [0.3, 0.4) is 0 Å². The maximum Gasteiger partial charge on any atom is 0.353 e. The van der Waals surface area contributed by atoms with Crippen LogP contribution < -0.4 is 32.3 Å². The summed E-state index contributed by atoms with van der Waals surface area (Å²) in [5.41, 5.74) is 9.01. The molecule has 0 bridgehead atoms. The Hall–Kier alpha value is -3.78. The summed E-state index contributed by atoms with van der Waals surface area (Å²) in [6, 6.07) is 22.9. The minimum atomic E-state index is -2.43. The van der Waals surface area contributed by atoms with Gasteiger partial charge in [0.05, 0.1) is 5.38 Å². The van der Waals surface area contributed by atoms with Crippen molar-refractivity contribution >= 4 is 41.9 Å². The smallest absolute Gasteiger partial charge is 0.353 e. The van der Waals surface area contributed by atoms with Crippen molar-refractivity contribution in [3.8, 4) is 0 Å². The number of hydrazine groups is 1. The van der Waals surface area contributed by atoms with Crippen LogP contribution in [-0.4, -0.2) is 25.2 Å². The Morgan fingerprint density at radius 2 is 1.48 bits per heavy atom. The van der Waals surface area contributed by atoms with E-state index in [1.807, 2.05) is 47.9 Å². The monoisotopic (exact) mass is 407 g/mol. The number of hydrogen-bond acceptors (Lipinski definition) is 4. The third-order valence-corrected chi connectivity index (χ3v) is 8.89. The number of rotatable bonds is 7. The van der Waals surface area contributed by atoms with Gasteiger partial charge in [0.2, 0.25) is 0 Å². The standard InChI is InChI=1S/C21H21N3O4Si/c1-29(16-8-4-2-5-9-16,17-10-6-3-7-11-17)19-13-12-15(28-19)14-18(20(25)26)23-24-21(22)27/h2-14,23H,1H3,(H,25,26)(H3,22,24,27). The minimum Gasteiger partial charge on any atom is -0.477 e. The highest BCUT2D eigenvalue weighted by Crippen LogP contribution is 2.12. The molecule has 0 unspecified atom stereocenters.